The highest BCUT2D eigenvalue weighted by molar-refractivity contribution is 5.82. The molecule has 2 aromatic rings. The fourth-order valence-electron chi connectivity index (χ4n) is 3.64. The van der Waals surface area contributed by atoms with Crippen LogP contribution in [0.1, 0.15) is 31.9 Å². The van der Waals surface area contributed by atoms with Gasteiger partial charge < -0.3 is 25.1 Å². The molecule has 0 radical (unpaired) electrons. The van der Waals surface area contributed by atoms with Crippen LogP contribution in [0.15, 0.2) is 12.7 Å². The molecule has 0 bridgehead atoms. The number of nitrogens with zero attached hydrogens (tertiary/aromatic N) is 5. The molecule has 1 saturated heterocycles. The van der Waals surface area contributed by atoms with Crippen molar-refractivity contribution in [2.75, 3.05) is 11.9 Å². The zero-order valence-corrected chi connectivity index (χ0v) is 14.3. The smallest absolute Gasteiger partial charge is 0.294 e. The van der Waals surface area contributed by atoms with Gasteiger partial charge in [0.15, 0.2) is 23.2 Å². The summed E-state index contributed by atoms with van der Waals surface area (Å²) in [5, 5.41) is 33.2. The molecule has 1 aliphatic heterocycles. The van der Waals surface area contributed by atoms with E-state index in [0.717, 1.165) is 12.8 Å². The number of nitrogens with one attached hydrogen (secondary N) is 1. The lowest BCUT2D eigenvalue weighted by Crippen LogP contribution is -2.34. The first kappa shape index (κ1) is 17.8. The first-order valence-electron chi connectivity index (χ1n) is 8.77. The molecule has 2 aliphatic rings. The first-order valence-corrected chi connectivity index (χ1v) is 8.77. The molecule has 2 aromatic heterocycles. The Balaban J connectivity index is 1.57. The van der Waals surface area contributed by atoms with Crippen LogP contribution in [-0.4, -0.2) is 65.8 Å². The number of fused-ring (bicyclic) bond motifs is 1. The highest BCUT2D eigenvalue weighted by atomic mass is 17.0. The molecular formula is C15H20N6O6. The molecule has 3 heterocycles. The molecule has 1 saturated carbocycles. The lowest BCUT2D eigenvalue weighted by atomic mass is 10.1. The summed E-state index contributed by atoms with van der Waals surface area (Å²) in [4.78, 5) is 27.4. The second-order valence-corrected chi connectivity index (χ2v) is 6.74. The minimum absolute atomic E-state index is 0.340. The quantitative estimate of drug-likeness (QED) is 0.460. The van der Waals surface area contributed by atoms with E-state index in [9.17, 15) is 20.3 Å². The maximum absolute atomic E-state index is 10.4. The van der Waals surface area contributed by atoms with E-state index in [0.29, 0.717) is 23.0 Å². The molecule has 12 nitrogen and oxygen atoms in total. The molecule has 0 spiro atoms. The van der Waals surface area contributed by atoms with Crippen molar-refractivity contribution in [3.05, 3.63) is 22.8 Å². The number of ether oxygens (including phenoxy) is 1. The van der Waals surface area contributed by atoms with Gasteiger partial charge in [0.25, 0.3) is 5.09 Å². The summed E-state index contributed by atoms with van der Waals surface area (Å²) in [5.74, 6) is 0.604. The van der Waals surface area contributed by atoms with E-state index in [1.807, 2.05) is 0 Å². The minimum atomic E-state index is -1.34. The van der Waals surface area contributed by atoms with Crippen molar-refractivity contribution in [2.45, 2.75) is 56.3 Å². The van der Waals surface area contributed by atoms with Gasteiger partial charge in [-0.05, 0) is 12.8 Å². The van der Waals surface area contributed by atoms with Crippen LogP contribution in [-0.2, 0) is 9.57 Å². The summed E-state index contributed by atoms with van der Waals surface area (Å²) in [6, 6.07) is 0.340. The first-order chi connectivity index (χ1) is 13.0. The van der Waals surface area contributed by atoms with Crippen molar-refractivity contribution >= 4 is 17.0 Å². The summed E-state index contributed by atoms with van der Waals surface area (Å²) < 4.78 is 7.06. The van der Waals surface area contributed by atoms with Gasteiger partial charge in [-0.25, -0.2) is 15.0 Å². The van der Waals surface area contributed by atoms with E-state index >= 15 is 0 Å². The Bertz CT molecular complexity index is 824. The SMILES string of the molecule is O=[N+]([O-])OC[C@H]1OC(n2cnc3c(NC4CCCC4)ncnc32)[C@H](O)[C@@H]1O. The Morgan fingerprint density at radius 3 is 2.81 bits per heavy atom. The standard InChI is InChI=1S/C15H20N6O6/c22-11-9(5-26-21(24)25)27-15(12(11)23)20-7-18-10-13(16-6-17-14(10)20)19-8-3-1-2-4-8/h6-9,11-12,15,22-23H,1-5H2,(H,16,17,19)/t9-,11-,12-,15?/m1/s1. The lowest BCUT2D eigenvalue weighted by molar-refractivity contribution is -0.759. The highest BCUT2D eigenvalue weighted by Crippen LogP contribution is 2.33. The van der Waals surface area contributed by atoms with E-state index in [2.05, 4.69) is 25.1 Å². The fourth-order valence-corrected chi connectivity index (χ4v) is 3.64. The third-order valence-electron chi connectivity index (χ3n) is 5.01. The van der Waals surface area contributed by atoms with Crippen LogP contribution in [0.3, 0.4) is 0 Å². The summed E-state index contributed by atoms with van der Waals surface area (Å²) in [6.45, 7) is -0.488. The average molecular weight is 380 g/mol. The van der Waals surface area contributed by atoms with Crippen LogP contribution >= 0.6 is 0 Å². The van der Waals surface area contributed by atoms with E-state index in [1.165, 1.54) is 30.1 Å². The predicted molar refractivity (Wildman–Crippen MR) is 90.1 cm³/mol. The van der Waals surface area contributed by atoms with Gasteiger partial charge in [0.05, 0.1) is 6.33 Å². The molecule has 0 amide bonds. The van der Waals surface area contributed by atoms with Crippen LogP contribution in [0, 0.1) is 10.1 Å². The van der Waals surface area contributed by atoms with Crippen LogP contribution in [0.5, 0.6) is 0 Å². The molecule has 12 heteroatoms. The van der Waals surface area contributed by atoms with Gasteiger partial charge in [-0.3, -0.25) is 4.57 Å². The van der Waals surface area contributed by atoms with Gasteiger partial charge >= 0.3 is 0 Å². The number of hydrogen-bond acceptors (Lipinski definition) is 10. The molecule has 1 unspecified atom stereocenters. The topological polar surface area (TPSA) is 158 Å². The van der Waals surface area contributed by atoms with Crippen molar-refractivity contribution in [3.8, 4) is 0 Å². The number of aromatic nitrogens is 4. The number of aliphatic hydroxyl groups excluding tert-OH is 2. The molecule has 0 aromatic carbocycles. The highest BCUT2D eigenvalue weighted by Gasteiger charge is 2.44. The van der Waals surface area contributed by atoms with Crippen LogP contribution in [0.2, 0.25) is 0 Å². The van der Waals surface area contributed by atoms with Gasteiger partial charge in [0.1, 0.15) is 31.2 Å². The van der Waals surface area contributed by atoms with Crippen molar-refractivity contribution in [2.24, 2.45) is 0 Å². The van der Waals surface area contributed by atoms with Gasteiger partial charge in [-0.2, -0.15) is 0 Å². The second-order valence-electron chi connectivity index (χ2n) is 6.74. The van der Waals surface area contributed by atoms with Gasteiger partial charge in [-0.1, -0.05) is 12.8 Å². The monoisotopic (exact) mass is 380 g/mol. The maximum Gasteiger partial charge on any atom is 0.294 e. The van der Waals surface area contributed by atoms with Crippen molar-refractivity contribution in [1.82, 2.24) is 19.5 Å². The number of anilines is 1. The van der Waals surface area contributed by atoms with Gasteiger partial charge in [0, 0.05) is 6.04 Å². The number of imidazole rings is 1. The molecule has 4 rings (SSSR count). The summed E-state index contributed by atoms with van der Waals surface area (Å²) in [7, 11) is 0. The maximum atomic E-state index is 10.4. The van der Waals surface area contributed by atoms with E-state index in [4.69, 9.17) is 4.74 Å². The molecule has 4 atom stereocenters. The van der Waals surface area contributed by atoms with Crippen molar-refractivity contribution in [3.63, 3.8) is 0 Å². The van der Waals surface area contributed by atoms with Crippen LogP contribution < -0.4 is 5.32 Å². The summed E-state index contributed by atoms with van der Waals surface area (Å²) in [6.07, 6.45) is 2.61. The molecule has 27 heavy (non-hydrogen) atoms. The van der Waals surface area contributed by atoms with E-state index in [-0.39, 0.29) is 0 Å². The Morgan fingerprint density at radius 1 is 1.30 bits per heavy atom. The third kappa shape index (κ3) is 3.38. The molecular weight excluding hydrogens is 360 g/mol. The van der Waals surface area contributed by atoms with Crippen LogP contribution in [0.25, 0.3) is 11.2 Å². The van der Waals surface area contributed by atoms with E-state index in [1.54, 1.807) is 0 Å². The fraction of sp³-hybridized carbons (Fsp3) is 0.667. The molecule has 1 aliphatic carbocycles. The van der Waals surface area contributed by atoms with E-state index < -0.39 is 36.2 Å². The lowest BCUT2D eigenvalue weighted by Gasteiger charge is -2.17. The number of hydrogen-bond donors (Lipinski definition) is 3. The molecule has 146 valence electrons. The minimum Gasteiger partial charge on any atom is -0.387 e. The number of rotatable bonds is 6. The Morgan fingerprint density at radius 2 is 2.07 bits per heavy atom. The zero-order chi connectivity index (χ0) is 19.0. The van der Waals surface area contributed by atoms with Crippen LogP contribution in [0.4, 0.5) is 5.82 Å². The Hall–Kier alpha value is -2.57. The number of aliphatic hydroxyl groups is 2. The predicted octanol–water partition coefficient (Wildman–Crippen LogP) is 0.00830. The second kappa shape index (κ2) is 7.21. The van der Waals surface area contributed by atoms with Gasteiger partial charge in [-0.15, -0.1) is 10.1 Å². The van der Waals surface area contributed by atoms with Crippen molar-refractivity contribution < 1.29 is 24.9 Å². The average Bonchev–Trinajstić information content (AvgIpc) is 3.36. The molecule has 2 fully saturated rings. The van der Waals surface area contributed by atoms with Gasteiger partial charge in [0.2, 0.25) is 0 Å². The Kier molecular flexibility index (Phi) is 4.76. The third-order valence-corrected chi connectivity index (χ3v) is 5.01. The largest absolute Gasteiger partial charge is 0.387 e. The van der Waals surface area contributed by atoms with Crippen molar-refractivity contribution in [1.29, 1.82) is 0 Å². The Labute approximate surface area is 153 Å². The summed E-state index contributed by atoms with van der Waals surface area (Å²) in [5.41, 5.74) is 0.956. The molecule has 3 N–H and O–H groups in total. The normalized spacial score (nSPS) is 28.7. The summed E-state index contributed by atoms with van der Waals surface area (Å²) >= 11 is 0. The zero-order valence-electron chi connectivity index (χ0n) is 14.3.